The third-order valence-electron chi connectivity index (χ3n) is 3.93. The minimum atomic E-state index is -3.20. The largest absolute Gasteiger partial charge is 0.387 e. The van der Waals surface area contributed by atoms with E-state index < -0.39 is 21.2 Å². The molecule has 4 nitrogen and oxygen atoms in total. The summed E-state index contributed by atoms with van der Waals surface area (Å²) >= 11 is 0. The van der Waals surface area contributed by atoms with E-state index in [0.29, 0.717) is 18.4 Å². The van der Waals surface area contributed by atoms with Gasteiger partial charge in [0.1, 0.15) is 0 Å². The van der Waals surface area contributed by atoms with Crippen LogP contribution in [0.2, 0.25) is 0 Å². The third-order valence-corrected chi connectivity index (χ3v) is 6.21. The predicted molar refractivity (Wildman–Crippen MR) is 78.1 cm³/mol. The Balaban J connectivity index is 1.97. The quantitative estimate of drug-likeness (QED) is 0.921. The molecule has 1 aromatic carbocycles. The van der Waals surface area contributed by atoms with Gasteiger partial charge in [-0.05, 0) is 25.0 Å². The SMILES string of the molecule is O=S1(=O)CCCCC1C(O)c1cnc2ccccc2c1. The van der Waals surface area contributed by atoms with Crippen LogP contribution in [-0.4, -0.2) is 29.5 Å². The molecule has 106 valence electrons. The molecule has 1 fully saturated rings. The zero-order chi connectivity index (χ0) is 14.2. The first kappa shape index (κ1) is 13.5. The fourth-order valence-electron chi connectivity index (χ4n) is 2.80. The summed E-state index contributed by atoms with van der Waals surface area (Å²) in [6.45, 7) is 0. The van der Waals surface area contributed by atoms with Crippen LogP contribution in [0.1, 0.15) is 30.9 Å². The molecule has 1 aliphatic heterocycles. The number of benzene rings is 1. The Morgan fingerprint density at radius 3 is 2.85 bits per heavy atom. The van der Waals surface area contributed by atoms with Crippen LogP contribution in [-0.2, 0) is 9.84 Å². The molecular formula is C15H17NO3S. The number of aliphatic hydroxyl groups is 1. The molecule has 0 radical (unpaired) electrons. The van der Waals surface area contributed by atoms with Crippen LogP contribution in [0.15, 0.2) is 36.5 Å². The van der Waals surface area contributed by atoms with E-state index in [1.54, 1.807) is 6.20 Å². The van der Waals surface area contributed by atoms with Gasteiger partial charge in [0.05, 0.1) is 22.6 Å². The minimum Gasteiger partial charge on any atom is -0.387 e. The van der Waals surface area contributed by atoms with E-state index in [2.05, 4.69) is 4.98 Å². The Morgan fingerprint density at radius 2 is 2.05 bits per heavy atom. The van der Waals surface area contributed by atoms with E-state index in [-0.39, 0.29) is 5.75 Å². The zero-order valence-electron chi connectivity index (χ0n) is 11.1. The maximum absolute atomic E-state index is 12.1. The van der Waals surface area contributed by atoms with Crippen molar-refractivity contribution in [3.8, 4) is 0 Å². The molecule has 0 aliphatic carbocycles. The van der Waals surface area contributed by atoms with Crippen molar-refractivity contribution in [2.45, 2.75) is 30.6 Å². The average Bonchev–Trinajstić information content (AvgIpc) is 2.45. The third kappa shape index (κ3) is 2.43. The highest BCUT2D eigenvalue weighted by atomic mass is 32.2. The van der Waals surface area contributed by atoms with Crippen LogP contribution >= 0.6 is 0 Å². The smallest absolute Gasteiger partial charge is 0.156 e. The van der Waals surface area contributed by atoms with Crippen molar-refractivity contribution in [2.24, 2.45) is 0 Å². The zero-order valence-corrected chi connectivity index (χ0v) is 11.9. The first-order chi connectivity index (χ1) is 9.58. The molecule has 0 saturated carbocycles. The molecule has 1 saturated heterocycles. The summed E-state index contributed by atoms with van der Waals surface area (Å²) < 4.78 is 24.2. The van der Waals surface area contributed by atoms with Crippen LogP contribution in [0.5, 0.6) is 0 Å². The van der Waals surface area contributed by atoms with Gasteiger partial charge in [0.25, 0.3) is 0 Å². The highest BCUT2D eigenvalue weighted by molar-refractivity contribution is 7.92. The summed E-state index contributed by atoms with van der Waals surface area (Å²) in [5.41, 5.74) is 1.43. The molecular weight excluding hydrogens is 274 g/mol. The van der Waals surface area contributed by atoms with Crippen molar-refractivity contribution in [1.82, 2.24) is 4.98 Å². The normalized spacial score (nSPS) is 23.6. The summed E-state index contributed by atoms with van der Waals surface area (Å²) in [5, 5.41) is 10.6. The van der Waals surface area contributed by atoms with Gasteiger partial charge >= 0.3 is 0 Å². The van der Waals surface area contributed by atoms with E-state index in [9.17, 15) is 13.5 Å². The molecule has 2 aromatic rings. The van der Waals surface area contributed by atoms with Crippen LogP contribution in [0.25, 0.3) is 10.9 Å². The Hall–Kier alpha value is -1.46. The van der Waals surface area contributed by atoms with Crippen molar-refractivity contribution in [3.05, 3.63) is 42.1 Å². The molecule has 5 heteroatoms. The van der Waals surface area contributed by atoms with Crippen LogP contribution in [0, 0.1) is 0 Å². The molecule has 1 N–H and O–H groups in total. The van der Waals surface area contributed by atoms with Crippen molar-refractivity contribution < 1.29 is 13.5 Å². The number of sulfone groups is 1. The molecule has 2 unspecified atom stereocenters. The van der Waals surface area contributed by atoms with Crippen molar-refractivity contribution in [2.75, 3.05) is 5.75 Å². The second kappa shape index (κ2) is 5.14. The lowest BCUT2D eigenvalue weighted by Gasteiger charge is -2.26. The monoisotopic (exact) mass is 291 g/mol. The van der Waals surface area contributed by atoms with Gasteiger partial charge in [-0.25, -0.2) is 8.42 Å². The van der Waals surface area contributed by atoms with Gasteiger partial charge < -0.3 is 5.11 Å². The Kier molecular flexibility index (Phi) is 3.48. The number of aromatic nitrogens is 1. The van der Waals surface area contributed by atoms with Gasteiger partial charge in [-0.3, -0.25) is 4.98 Å². The van der Waals surface area contributed by atoms with E-state index in [4.69, 9.17) is 0 Å². The summed E-state index contributed by atoms with van der Waals surface area (Å²) in [6, 6.07) is 9.43. The molecule has 20 heavy (non-hydrogen) atoms. The van der Waals surface area contributed by atoms with Crippen LogP contribution in [0.4, 0.5) is 0 Å². The Morgan fingerprint density at radius 1 is 1.25 bits per heavy atom. The fraction of sp³-hybridized carbons (Fsp3) is 0.400. The first-order valence-corrected chi connectivity index (χ1v) is 8.54. The summed E-state index contributed by atoms with van der Waals surface area (Å²) in [5.74, 6) is 0.176. The number of fused-ring (bicyclic) bond motifs is 1. The molecule has 2 heterocycles. The molecule has 1 aromatic heterocycles. The number of aliphatic hydroxyl groups excluding tert-OH is 1. The maximum Gasteiger partial charge on any atom is 0.156 e. The standard InChI is InChI=1S/C15H17NO3S/c17-15(14-7-3-4-8-20(14,18)19)12-9-11-5-1-2-6-13(11)16-10-12/h1-2,5-6,9-10,14-15,17H,3-4,7-8H2. The van der Waals surface area contributed by atoms with Gasteiger partial charge in [-0.15, -0.1) is 0 Å². The van der Waals surface area contributed by atoms with E-state index >= 15 is 0 Å². The number of para-hydroxylation sites is 1. The average molecular weight is 291 g/mol. The number of pyridine rings is 1. The lowest BCUT2D eigenvalue weighted by Crippen LogP contribution is -2.33. The van der Waals surface area contributed by atoms with Crippen LogP contribution < -0.4 is 0 Å². The predicted octanol–water partition coefficient (Wildman–Crippen LogP) is 2.24. The molecule has 0 spiro atoms. The number of nitrogens with zero attached hydrogens (tertiary/aromatic N) is 1. The van der Waals surface area contributed by atoms with Crippen LogP contribution in [0.3, 0.4) is 0 Å². The lowest BCUT2D eigenvalue weighted by molar-refractivity contribution is 0.164. The maximum atomic E-state index is 12.1. The lowest BCUT2D eigenvalue weighted by atomic mass is 10.0. The van der Waals surface area contributed by atoms with E-state index in [1.165, 1.54) is 0 Å². The van der Waals surface area contributed by atoms with Crippen molar-refractivity contribution in [1.29, 1.82) is 0 Å². The van der Waals surface area contributed by atoms with E-state index in [1.807, 2.05) is 30.3 Å². The van der Waals surface area contributed by atoms with Gasteiger partial charge in [0.15, 0.2) is 9.84 Å². The fourth-order valence-corrected chi connectivity index (χ4v) is 4.78. The second-order valence-electron chi connectivity index (χ2n) is 5.31. The number of hydrogen-bond donors (Lipinski definition) is 1. The first-order valence-electron chi connectivity index (χ1n) is 6.82. The van der Waals surface area contributed by atoms with Gasteiger partial charge in [-0.2, -0.15) is 0 Å². The number of rotatable bonds is 2. The summed E-state index contributed by atoms with van der Waals surface area (Å²) in [6.07, 6.45) is 2.66. The molecule has 3 rings (SSSR count). The Labute approximate surface area is 118 Å². The Bertz CT molecular complexity index is 727. The molecule has 0 bridgehead atoms. The second-order valence-corrected chi connectivity index (χ2v) is 7.65. The number of hydrogen-bond acceptors (Lipinski definition) is 4. The summed E-state index contributed by atoms with van der Waals surface area (Å²) in [4.78, 5) is 4.29. The van der Waals surface area contributed by atoms with Gasteiger partial charge in [-0.1, -0.05) is 24.6 Å². The minimum absolute atomic E-state index is 0.176. The topological polar surface area (TPSA) is 67.3 Å². The molecule has 2 atom stereocenters. The highest BCUT2D eigenvalue weighted by Crippen LogP contribution is 2.31. The highest BCUT2D eigenvalue weighted by Gasteiger charge is 2.35. The summed E-state index contributed by atoms with van der Waals surface area (Å²) in [7, 11) is -3.20. The van der Waals surface area contributed by atoms with Gasteiger partial charge in [0, 0.05) is 17.1 Å². The van der Waals surface area contributed by atoms with Gasteiger partial charge in [0.2, 0.25) is 0 Å². The van der Waals surface area contributed by atoms with Crippen molar-refractivity contribution in [3.63, 3.8) is 0 Å². The van der Waals surface area contributed by atoms with Crippen molar-refractivity contribution >= 4 is 20.7 Å². The van der Waals surface area contributed by atoms with E-state index in [0.717, 1.165) is 17.3 Å². The molecule has 1 aliphatic rings. The molecule has 0 amide bonds.